The molecule has 0 aromatic rings. The van der Waals surface area contributed by atoms with Crippen LogP contribution < -0.4 is 0 Å². The van der Waals surface area contributed by atoms with Crippen LogP contribution in [-0.4, -0.2) is 42.0 Å². The zero-order valence-corrected chi connectivity index (χ0v) is 29.7. The maximum Gasteiger partial charge on any atom is 0.202 e. The molecule has 0 heterocycles. The minimum atomic E-state index is -2.18. The lowest BCUT2D eigenvalue weighted by Crippen LogP contribution is -2.55. The zero-order valence-electron chi connectivity index (χ0n) is 27.7. The van der Waals surface area contributed by atoms with Gasteiger partial charge in [-0.2, -0.15) is 0 Å². The van der Waals surface area contributed by atoms with Gasteiger partial charge in [0.25, 0.3) is 0 Å². The summed E-state index contributed by atoms with van der Waals surface area (Å²) in [5.74, 6) is 7.77. The highest BCUT2D eigenvalue weighted by Gasteiger charge is 2.53. The molecule has 3 nitrogen and oxygen atoms in total. The minimum Gasteiger partial charge on any atom is -0.402 e. The van der Waals surface area contributed by atoms with Gasteiger partial charge in [-0.15, -0.1) is 5.92 Å². The second-order valence-corrected chi connectivity index (χ2v) is 25.9. The Bertz CT molecular complexity index is 867. The average Bonchev–Trinajstić information content (AvgIpc) is 2.81. The molecule has 224 valence electrons. The van der Waals surface area contributed by atoms with Crippen LogP contribution in [0.2, 0.25) is 42.3 Å². The van der Waals surface area contributed by atoms with Gasteiger partial charge in [-0.05, 0) is 66.6 Å². The highest BCUT2D eigenvalue weighted by molar-refractivity contribution is 6.77. The fourth-order valence-corrected chi connectivity index (χ4v) is 13.4. The first-order valence-electron chi connectivity index (χ1n) is 15.8. The number of ether oxygens (including phenoxy) is 2. The summed E-state index contributed by atoms with van der Waals surface area (Å²) in [6.07, 6.45) is 7.30. The first-order valence-corrected chi connectivity index (χ1v) is 21.6. The van der Waals surface area contributed by atoms with E-state index in [0.29, 0.717) is 29.3 Å². The van der Waals surface area contributed by atoms with Gasteiger partial charge in [0.2, 0.25) is 8.32 Å². The van der Waals surface area contributed by atoms with E-state index in [2.05, 4.69) is 99.9 Å². The molecule has 1 saturated carbocycles. The van der Waals surface area contributed by atoms with Gasteiger partial charge >= 0.3 is 0 Å². The van der Waals surface area contributed by atoms with Crippen molar-refractivity contribution in [1.82, 2.24) is 0 Å². The SMILES string of the molecule is C=C1[C@@H]2[C@@H](O[Si](C(C)C)(C(C)C)C(C)C)C#CCC/C=C(\C)CC[C@@]1(C)[C@H](C)C[C@@H]2OCOCC[Si](C)(C)C. The van der Waals surface area contributed by atoms with Crippen LogP contribution in [0.15, 0.2) is 23.8 Å². The molecule has 0 aromatic heterocycles. The number of allylic oxidation sites excluding steroid dienone is 2. The number of fused-ring (bicyclic) bond motifs is 2. The first-order chi connectivity index (χ1) is 18.1. The molecule has 0 spiro atoms. The predicted molar refractivity (Wildman–Crippen MR) is 174 cm³/mol. The van der Waals surface area contributed by atoms with Crippen molar-refractivity contribution in [2.75, 3.05) is 13.4 Å². The van der Waals surface area contributed by atoms with Gasteiger partial charge in [-0.25, -0.2) is 0 Å². The molecule has 2 bridgehead atoms. The van der Waals surface area contributed by atoms with Crippen LogP contribution in [-0.2, 0) is 13.9 Å². The van der Waals surface area contributed by atoms with Crippen LogP contribution in [0, 0.1) is 29.1 Å². The Morgan fingerprint density at radius 2 is 1.69 bits per heavy atom. The maximum atomic E-state index is 7.50. The van der Waals surface area contributed by atoms with E-state index >= 15 is 0 Å². The van der Waals surface area contributed by atoms with E-state index in [1.807, 2.05) is 0 Å². The smallest absolute Gasteiger partial charge is 0.202 e. The molecule has 0 amide bonds. The van der Waals surface area contributed by atoms with E-state index in [1.54, 1.807) is 0 Å². The lowest BCUT2D eigenvalue weighted by Gasteiger charge is -2.52. The van der Waals surface area contributed by atoms with E-state index < -0.39 is 16.4 Å². The topological polar surface area (TPSA) is 27.7 Å². The van der Waals surface area contributed by atoms with Crippen molar-refractivity contribution in [3.8, 4) is 11.8 Å². The van der Waals surface area contributed by atoms with Crippen molar-refractivity contribution in [1.29, 1.82) is 0 Å². The zero-order chi connectivity index (χ0) is 29.6. The second kappa shape index (κ2) is 14.5. The van der Waals surface area contributed by atoms with Crippen LogP contribution in [0.3, 0.4) is 0 Å². The Kier molecular flexibility index (Phi) is 12.8. The third kappa shape index (κ3) is 8.68. The highest BCUT2D eigenvalue weighted by atomic mass is 28.4. The minimum absolute atomic E-state index is 0.00419. The summed E-state index contributed by atoms with van der Waals surface area (Å²) in [6.45, 7) is 34.4. The highest BCUT2D eigenvalue weighted by Crippen LogP contribution is 2.54. The number of hydrogen-bond acceptors (Lipinski definition) is 3. The molecular weight excluding hydrogens is 513 g/mol. The van der Waals surface area contributed by atoms with Gasteiger partial charge in [0.15, 0.2) is 0 Å². The molecule has 5 heteroatoms. The van der Waals surface area contributed by atoms with Crippen LogP contribution in [0.25, 0.3) is 0 Å². The van der Waals surface area contributed by atoms with E-state index in [0.717, 1.165) is 44.8 Å². The fraction of sp³-hybridized carbons (Fsp3) is 0.824. The fourth-order valence-electron chi connectivity index (χ4n) is 7.15. The molecule has 2 aliphatic carbocycles. The molecule has 2 aliphatic rings. The monoisotopic (exact) mass is 574 g/mol. The van der Waals surface area contributed by atoms with Crippen molar-refractivity contribution in [3.05, 3.63) is 23.8 Å². The van der Waals surface area contributed by atoms with Crippen LogP contribution in [0.1, 0.15) is 94.4 Å². The van der Waals surface area contributed by atoms with Gasteiger partial charge in [-0.1, -0.05) is 105 Å². The van der Waals surface area contributed by atoms with Crippen LogP contribution in [0.5, 0.6) is 0 Å². The Balaban J connectivity index is 2.52. The predicted octanol–water partition coefficient (Wildman–Crippen LogP) is 9.99. The first kappa shape index (κ1) is 34.6. The van der Waals surface area contributed by atoms with E-state index in [-0.39, 0.29) is 23.5 Å². The molecule has 0 N–H and O–H groups in total. The molecular formula is C34H62O3Si2. The molecule has 0 aromatic carbocycles. The van der Waals surface area contributed by atoms with Gasteiger partial charge < -0.3 is 13.9 Å². The standard InChI is InChI=1S/C34H62O3Si2/c1-25(2)39(26(3)4,27(5)6)37-31-18-16-14-15-17-28(7)19-20-34(10)29(8)23-32(33(31)30(34)9)36-24-35-21-22-38(11,12)13/h17,25-27,29,31-33H,9,14-15,19-24H2,1-8,10-13H3/b28-17+/t29-,31+,32+,33-,34+/m1/s1. The van der Waals surface area contributed by atoms with Gasteiger partial charge in [0, 0.05) is 27.0 Å². The van der Waals surface area contributed by atoms with E-state index in [9.17, 15) is 0 Å². The summed E-state index contributed by atoms with van der Waals surface area (Å²) in [7, 11) is -3.31. The number of rotatable bonds is 11. The Labute approximate surface area is 245 Å². The van der Waals surface area contributed by atoms with Crippen molar-refractivity contribution < 1.29 is 13.9 Å². The lowest BCUT2D eigenvalue weighted by molar-refractivity contribution is -0.131. The second-order valence-electron chi connectivity index (χ2n) is 14.9. The van der Waals surface area contributed by atoms with Crippen molar-refractivity contribution in [3.63, 3.8) is 0 Å². The van der Waals surface area contributed by atoms with Crippen LogP contribution in [0.4, 0.5) is 0 Å². The summed E-state index contributed by atoms with van der Waals surface area (Å²) in [4.78, 5) is 0. The molecule has 0 saturated heterocycles. The summed E-state index contributed by atoms with van der Waals surface area (Å²) < 4.78 is 20.2. The molecule has 5 atom stereocenters. The van der Waals surface area contributed by atoms with Gasteiger partial charge in [0.05, 0.1) is 6.10 Å². The van der Waals surface area contributed by atoms with Crippen LogP contribution >= 0.6 is 0 Å². The maximum absolute atomic E-state index is 7.50. The van der Waals surface area contributed by atoms with Gasteiger partial charge in [0.1, 0.15) is 12.9 Å². The molecule has 0 unspecified atom stereocenters. The third-order valence-corrected chi connectivity index (χ3v) is 17.8. The Hall–Kier alpha value is -0.646. The molecule has 39 heavy (non-hydrogen) atoms. The van der Waals surface area contributed by atoms with Gasteiger partial charge in [-0.3, -0.25) is 0 Å². The molecule has 2 rings (SSSR count). The lowest BCUT2D eigenvalue weighted by atomic mass is 9.57. The van der Waals surface area contributed by atoms with Crippen molar-refractivity contribution >= 4 is 16.4 Å². The summed E-state index contributed by atoms with van der Waals surface area (Å²) >= 11 is 0. The normalized spacial score (nSPS) is 30.4. The summed E-state index contributed by atoms with van der Waals surface area (Å²) in [5.41, 5.74) is 4.27. The summed E-state index contributed by atoms with van der Waals surface area (Å²) in [6, 6.07) is 1.15. The molecule has 0 radical (unpaired) electrons. The van der Waals surface area contributed by atoms with Crippen molar-refractivity contribution in [2.24, 2.45) is 17.3 Å². The Morgan fingerprint density at radius 1 is 1.08 bits per heavy atom. The molecule has 1 fully saturated rings. The Morgan fingerprint density at radius 3 is 2.26 bits per heavy atom. The average molecular weight is 575 g/mol. The largest absolute Gasteiger partial charge is 0.402 e. The van der Waals surface area contributed by atoms with E-state index in [1.165, 1.54) is 11.1 Å². The molecule has 0 aliphatic heterocycles. The summed E-state index contributed by atoms with van der Waals surface area (Å²) in [5, 5.41) is 0. The van der Waals surface area contributed by atoms with E-state index in [4.69, 9.17) is 20.5 Å². The third-order valence-electron chi connectivity index (χ3n) is 9.98. The quantitative estimate of drug-likeness (QED) is 0.0808. The van der Waals surface area contributed by atoms with Crippen molar-refractivity contribution in [2.45, 2.75) is 149 Å². The number of hydrogen-bond donors (Lipinski definition) is 0.